The Morgan fingerprint density at radius 2 is 1.66 bits per heavy atom. The molecule has 0 saturated heterocycles. The summed E-state index contributed by atoms with van der Waals surface area (Å²) in [6.45, 7) is 0. The van der Waals surface area contributed by atoms with E-state index in [-0.39, 0.29) is 34.3 Å². The summed E-state index contributed by atoms with van der Waals surface area (Å²) in [5, 5.41) is 6.87. The Balaban J connectivity index is 1.64. The Labute approximate surface area is 211 Å². The molecular formula is C25H15F4N7O2. The zero-order chi connectivity index (χ0) is 27.0. The molecule has 0 aliphatic carbocycles. The topological polar surface area (TPSA) is 129 Å². The second-order valence-corrected chi connectivity index (χ2v) is 7.95. The molecule has 9 nitrogen and oxygen atoms in total. The fourth-order valence-electron chi connectivity index (χ4n) is 3.75. The van der Waals surface area contributed by atoms with Crippen LogP contribution in [0.25, 0.3) is 28.1 Å². The highest BCUT2D eigenvalue weighted by Crippen LogP contribution is 2.37. The zero-order valence-corrected chi connectivity index (χ0v) is 19.1. The molecule has 0 atom stereocenters. The molecule has 13 heteroatoms. The third-order valence-electron chi connectivity index (χ3n) is 5.49. The standard InChI is InChI=1S/C25H15F4N7O2/c26-18-11-17(25(27,28)29)15(22-31-7-4-8-32-22)10-16(18)24(38)34-23-20-19(9-13(12-33-20)21(30)37)35-36(23)14-5-2-1-3-6-14/h1-12H,(H2,30,37)(H,34,38). The number of halogens is 4. The van der Waals surface area contributed by atoms with Crippen molar-refractivity contribution < 1.29 is 27.2 Å². The number of anilines is 1. The number of carbonyl (C=O) groups excluding carboxylic acids is 2. The van der Waals surface area contributed by atoms with Crippen molar-refractivity contribution in [3.63, 3.8) is 0 Å². The second kappa shape index (κ2) is 9.35. The van der Waals surface area contributed by atoms with Gasteiger partial charge in [0.2, 0.25) is 5.91 Å². The number of primary amides is 1. The van der Waals surface area contributed by atoms with Gasteiger partial charge in [0.1, 0.15) is 16.9 Å². The number of aromatic nitrogens is 5. The monoisotopic (exact) mass is 521 g/mol. The van der Waals surface area contributed by atoms with Crippen molar-refractivity contribution in [3.8, 4) is 17.1 Å². The van der Waals surface area contributed by atoms with Crippen molar-refractivity contribution in [2.45, 2.75) is 6.18 Å². The lowest BCUT2D eigenvalue weighted by atomic mass is 10.0. The number of benzene rings is 2. The first-order valence-electron chi connectivity index (χ1n) is 10.9. The van der Waals surface area contributed by atoms with Gasteiger partial charge in [0.15, 0.2) is 11.6 Å². The van der Waals surface area contributed by atoms with Crippen LogP contribution >= 0.6 is 0 Å². The zero-order valence-electron chi connectivity index (χ0n) is 19.1. The van der Waals surface area contributed by atoms with Gasteiger partial charge in [0, 0.05) is 24.2 Å². The van der Waals surface area contributed by atoms with Crippen LogP contribution in [-0.4, -0.2) is 36.5 Å². The van der Waals surface area contributed by atoms with Gasteiger partial charge in [-0.25, -0.2) is 24.0 Å². The normalized spacial score (nSPS) is 11.5. The number of alkyl halides is 3. The van der Waals surface area contributed by atoms with Crippen molar-refractivity contribution >= 4 is 28.7 Å². The number of amides is 2. The van der Waals surface area contributed by atoms with E-state index in [0.29, 0.717) is 5.69 Å². The summed E-state index contributed by atoms with van der Waals surface area (Å²) in [7, 11) is 0. The fourth-order valence-corrected chi connectivity index (χ4v) is 3.75. The second-order valence-electron chi connectivity index (χ2n) is 7.95. The molecule has 0 aliphatic heterocycles. The number of hydrogen-bond acceptors (Lipinski definition) is 6. The van der Waals surface area contributed by atoms with Gasteiger partial charge < -0.3 is 11.1 Å². The number of nitrogens with one attached hydrogen (secondary N) is 1. The summed E-state index contributed by atoms with van der Waals surface area (Å²) >= 11 is 0. The fraction of sp³-hybridized carbons (Fsp3) is 0.0400. The van der Waals surface area contributed by atoms with Gasteiger partial charge in [-0.15, -0.1) is 0 Å². The van der Waals surface area contributed by atoms with E-state index in [1.807, 2.05) is 0 Å². The molecule has 3 aromatic heterocycles. The van der Waals surface area contributed by atoms with Gasteiger partial charge in [0.25, 0.3) is 5.91 Å². The van der Waals surface area contributed by atoms with Crippen LogP contribution in [0.1, 0.15) is 26.3 Å². The van der Waals surface area contributed by atoms with Crippen molar-refractivity contribution in [2.24, 2.45) is 5.73 Å². The molecule has 190 valence electrons. The van der Waals surface area contributed by atoms with Gasteiger partial charge in [0.05, 0.1) is 22.4 Å². The summed E-state index contributed by atoms with van der Waals surface area (Å²) in [6, 6.07) is 12.2. The van der Waals surface area contributed by atoms with Crippen LogP contribution in [0.2, 0.25) is 0 Å². The molecule has 0 aliphatic rings. The van der Waals surface area contributed by atoms with Gasteiger partial charge in [-0.3, -0.25) is 9.59 Å². The molecule has 5 aromatic rings. The van der Waals surface area contributed by atoms with Gasteiger partial charge in [-0.05, 0) is 36.4 Å². The number of hydrogen-bond donors (Lipinski definition) is 2. The molecule has 3 N–H and O–H groups in total. The summed E-state index contributed by atoms with van der Waals surface area (Å²) in [4.78, 5) is 36.7. The molecule has 2 amide bonds. The predicted octanol–water partition coefficient (Wildman–Crippen LogP) is 4.39. The van der Waals surface area contributed by atoms with E-state index in [0.717, 1.165) is 6.07 Å². The minimum absolute atomic E-state index is 0.0102. The van der Waals surface area contributed by atoms with E-state index in [2.05, 4.69) is 25.4 Å². The number of pyridine rings is 1. The summed E-state index contributed by atoms with van der Waals surface area (Å²) in [5.41, 5.74) is 3.58. The van der Waals surface area contributed by atoms with Crippen LogP contribution in [0.3, 0.4) is 0 Å². The molecule has 2 aromatic carbocycles. The van der Waals surface area contributed by atoms with Crippen LogP contribution in [-0.2, 0) is 6.18 Å². The first-order chi connectivity index (χ1) is 18.1. The number of carbonyl (C=O) groups is 2. The number of fused-ring (bicyclic) bond motifs is 1. The highest BCUT2D eigenvalue weighted by molar-refractivity contribution is 6.08. The van der Waals surface area contributed by atoms with Crippen LogP contribution in [0.15, 0.2) is 73.2 Å². The number of para-hydroxylation sites is 1. The van der Waals surface area contributed by atoms with E-state index in [4.69, 9.17) is 5.73 Å². The van der Waals surface area contributed by atoms with Crippen molar-refractivity contribution in [2.75, 3.05) is 5.32 Å². The molecule has 3 heterocycles. The van der Waals surface area contributed by atoms with Crippen LogP contribution < -0.4 is 11.1 Å². The average molecular weight is 521 g/mol. The lowest BCUT2D eigenvalue weighted by molar-refractivity contribution is -0.137. The first-order valence-corrected chi connectivity index (χ1v) is 10.9. The summed E-state index contributed by atoms with van der Waals surface area (Å²) in [5.74, 6) is -3.58. The number of rotatable bonds is 5. The van der Waals surface area contributed by atoms with Crippen LogP contribution in [0.4, 0.5) is 23.4 Å². The van der Waals surface area contributed by atoms with Crippen molar-refractivity contribution in [1.82, 2.24) is 24.7 Å². The summed E-state index contributed by atoms with van der Waals surface area (Å²) in [6.07, 6.45) is -1.31. The third kappa shape index (κ3) is 4.52. The van der Waals surface area contributed by atoms with Gasteiger partial charge in [-0.2, -0.15) is 18.3 Å². The highest BCUT2D eigenvalue weighted by atomic mass is 19.4. The number of nitrogens with zero attached hydrogens (tertiary/aromatic N) is 5. The quantitative estimate of drug-likeness (QED) is 0.330. The molecule has 0 fully saturated rings. The Hall–Kier alpha value is -5.20. The maximum absolute atomic E-state index is 14.9. The SMILES string of the molecule is NC(=O)c1cnc2c(NC(=O)c3cc(-c4ncccn4)c(C(F)(F)F)cc3F)n(-c3ccccc3)nc2c1. The first kappa shape index (κ1) is 24.5. The average Bonchev–Trinajstić information content (AvgIpc) is 3.26. The maximum Gasteiger partial charge on any atom is 0.417 e. The predicted molar refractivity (Wildman–Crippen MR) is 128 cm³/mol. The molecule has 0 saturated carbocycles. The van der Waals surface area contributed by atoms with Crippen molar-refractivity contribution in [3.05, 3.63) is 95.7 Å². The Kier molecular flexibility index (Phi) is 6.03. The minimum atomic E-state index is -4.94. The Morgan fingerprint density at radius 1 is 0.947 bits per heavy atom. The van der Waals surface area contributed by atoms with Crippen molar-refractivity contribution in [1.29, 1.82) is 0 Å². The lowest BCUT2D eigenvalue weighted by Crippen LogP contribution is -2.19. The third-order valence-corrected chi connectivity index (χ3v) is 5.49. The molecular weight excluding hydrogens is 506 g/mol. The molecule has 38 heavy (non-hydrogen) atoms. The molecule has 0 unspecified atom stereocenters. The van der Waals surface area contributed by atoms with Crippen LogP contribution in [0, 0.1) is 5.82 Å². The van der Waals surface area contributed by atoms with E-state index in [1.165, 1.54) is 35.4 Å². The molecule has 5 rings (SSSR count). The minimum Gasteiger partial charge on any atom is -0.366 e. The van der Waals surface area contributed by atoms with Gasteiger partial charge >= 0.3 is 6.18 Å². The van der Waals surface area contributed by atoms with E-state index < -0.39 is 40.5 Å². The lowest BCUT2D eigenvalue weighted by Gasteiger charge is -2.15. The maximum atomic E-state index is 14.9. The molecule has 0 radical (unpaired) electrons. The Bertz CT molecular complexity index is 1690. The van der Waals surface area contributed by atoms with E-state index >= 15 is 0 Å². The van der Waals surface area contributed by atoms with Gasteiger partial charge in [-0.1, -0.05) is 18.2 Å². The highest BCUT2D eigenvalue weighted by Gasteiger charge is 2.36. The molecule has 0 bridgehead atoms. The largest absolute Gasteiger partial charge is 0.417 e. The van der Waals surface area contributed by atoms with E-state index in [9.17, 15) is 27.2 Å². The number of nitrogens with two attached hydrogens (primary N) is 1. The van der Waals surface area contributed by atoms with Crippen LogP contribution in [0.5, 0.6) is 0 Å². The Morgan fingerprint density at radius 3 is 2.32 bits per heavy atom. The smallest absolute Gasteiger partial charge is 0.366 e. The van der Waals surface area contributed by atoms with E-state index in [1.54, 1.807) is 30.3 Å². The molecule has 0 spiro atoms. The summed E-state index contributed by atoms with van der Waals surface area (Å²) < 4.78 is 57.3.